The van der Waals surface area contributed by atoms with E-state index in [0.717, 1.165) is 10.0 Å². The van der Waals surface area contributed by atoms with Gasteiger partial charge in [-0.3, -0.25) is 0 Å². The summed E-state index contributed by atoms with van der Waals surface area (Å²) in [5.74, 6) is -0.711. The third-order valence-electron chi connectivity index (χ3n) is 5.92. The van der Waals surface area contributed by atoms with Crippen LogP contribution in [0.3, 0.4) is 0 Å². The number of halogens is 2. The zero-order valence-electron chi connectivity index (χ0n) is 16.1. The first-order chi connectivity index (χ1) is 12.7. The van der Waals surface area contributed by atoms with Gasteiger partial charge >= 0.3 is 166 Å². The molecule has 1 atom stereocenters. The van der Waals surface area contributed by atoms with Crippen LogP contribution < -0.4 is 28.1 Å². The molecule has 0 N–H and O–H groups in total. The normalized spacial score (nSPS) is 15.3. The third-order valence-corrected chi connectivity index (χ3v) is 25.9. The van der Waals surface area contributed by atoms with Crippen molar-refractivity contribution in [3.8, 4) is 11.1 Å². The Bertz CT molecular complexity index is 1030. The molecule has 1 unspecified atom stereocenters. The van der Waals surface area contributed by atoms with E-state index in [9.17, 15) is 0 Å². The molecule has 2 aliphatic carbocycles. The molecule has 3 aromatic carbocycles. The zero-order valence-corrected chi connectivity index (χ0v) is 21.2. The summed E-state index contributed by atoms with van der Waals surface area (Å²) in [4.78, 5) is 0. The predicted molar refractivity (Wildman–Crippen MR) is 111 cm³/mol. The van der Waals surface area contributed by atoms with Crippen LogP contribution in [-0.2, 0) is 27.3 Å². The molecule has 0 radical (unpaired) electrons. The third kappa shape index (κ3) is 3.54. The Hall–Kier alpha value is -0.920. The van der Waals surface area contributed by atoms with Gasteiger partial charge in [0.05, 0.1) is 0 Å². The summed E-state index contributed by atoms with van der Waals surface area (Å²) < 4.78 is 2.53. The van der Waals surface area contributed by atoms with E-state index in [2.05, 4.69) is 92.0 Å². The maximum Gasteiger partial charge on any atom is -1.00 e. The molecule has 0 nitrogen and oxygen atoms in total. The molecular weight excluding hydrogens is 478 g/mol. The maximum absolute atomic E-state index is 2.60. The predicted octanol–water partition coefficient (Wildman–Crippen LogP) is -0.739. The van der Waals surface area contributed by atoms with Gasteiger partial charge in [0.2, 0.25) is 0 Å². The number of hydrogen-bond donors (Lipinski definition) is 0. The van der Waals surface area contributed by atoms with Crippen molar-refractivity contribution in [3.63, 3.8) is 0 Å². The Morgan fingerprint density at radius 2 is 1.54 bits per heavy atom. The molecule has 0 fully saturated rings. The van der Waals surface area contributed by atoms with Crippen molar-refractivity contribution >= 4 is 15.3 Å². The molecule has 0 bridgehead atoms. The van der Waals surface area contributed by atoms with Crippen molar-refractivity contribution < 1.29 is 45.7 Å². The second-order valence-electron chi connectivity index (χ2n) is 7.74. The SMILES string of the molecule is C[SiH](C)[Zr+2]([c]1cccc2c1Cc1ccccc1-2)[CH]1C=Cc2ccccc21.[Cl-].[Cl-]. The Balaban J connectivity index is 0.00000112. The van der Waals surface area contributed by atoms with Crippen molar-refractivity contribution in [3.05, 3.63) is 95.1 Å². The van der Waals surface area contributed by atoms with Gasteiger partial charge in [0, 0.05) is 0 Å². The van der Waals surface area contributed by atoms with E-state index < -0.39 is 26.8 Å². The standard InChI is InChI=1S/C13H9.C9H7.C2H7Si.2ClH.Zr/c1-3-7-12-10(5-1)9-11-6-2-4-8-13(11)12;1-2-5-9-7-3-6-8(9)4-1;1-3-2;;;/h1-5,7-8H,9H2;1-7H;3H,1-2H3;2*1H;/q;;;;;+2/p-2. The molecule has 28 heavy (non-hydrogen) atoms. The van der Waals surface area contributed by atoms with Gasteiger partial charge in [0.15, 0.2) is 0 Å². The first kappa shape index (κ1) is 21.8. The molecule has 2 aliphatic rings. The molecule has 0 aliphatic heterocycles. The number of allylic oxidation sites excluding steroid dienone is 1. The van der Waals surface area contributed by atoms with Crippen LogP contribution in [0.5, 0.6) is 0 Å². The second-order valence-corrected chi connectivity index (χ2v) is 27.3. The largest absolute Gasteiger partial charge is 1.00 e. The Kier molecular flexibility index (Phi) is 6.88. The summed E-state index contributed by atoms with van der Waals surface area (Å²) >= 11 is -1.80. The van der Waals surface area contributed by atoms with Crippen molar-refractivity contribution in [2.24, 2.45) is 0 Å². The molecule has 141 valence electrons. The van der Waals surface area contributed by atoms with Crippen LogP contribution in [0, 0.1) is 0 Å². The average molecular weight is 502 g/mol. The average Bonchev–Trinajstić information content (AvgIpc) is 3.24. The molecule has 0 aromatic heterocycles. The number of rotatable bonds is 3. The monoisotopic (exact) mass is 499 g/mol. The molecule has 4 heteroatoms. The van der Waals surface area contributed by atoms with Crippen LogP contribution in [0.2, 0.25) is 13.1 Å². The first-order valence-corrected chi connectivity index (χ1v) is 19.4. The molecule has 3 aromatic rings. The van der Waals surface area contributed by atoms with E-state index in [4.69, 9.17) is 0 Å². The van der Waals surface area contributed by atoms with Crippen LogP contribution >= 0.6 is 0 Å². The fraction of sp³-hybridized carbons (Fsp3) is 0.167. The molecule has 5 rings (SSSR count). The van der Waals surface area contributed by atoms with Gasteiger partial charge in [-0.2, -0.15) is 0 Å². The van der Waals surface area contributed by atoms with Gasteiger partial charge < -0.3 is 24.8 Å². The number of fused-ring (bicyclic) bond motifs is 4. The number of hydrogen-bond acceptors (Lipinski definition) is 0. The summed E-state index contributed by atoms with van der Waals surface area (Å²) in [7, 11) is 0. The number of benzene rings is 3. The Morgan fingerprint density at radius 1 is 0.821 bits per heavy atom. The first-order valence-electron chi connectivity index (χ1n) is 9.58. The van der Waals surface area contributed by atoms with Crippen molar-refractivity contribution in [2.45, 2.75) is 23.1 Å². The van der Waals surface area contributed by atoms with Gasteiger partial charge in [0.25, 0.3) is 0 Å². The minimum absolute atomic E-state index is 0. The van der Waals surface area contributed by atoms with E-state index in [1.165, 1.54) is 22.3 Å². The second kappa shape index (κ2) is 8.84. The molecule has 0 heterocycles. The topological polar surface area (TPSA) is 0 Å². The molecular formula is C24H23Cl2SiZr. The minimum atomic E-state index is -1.80. The van der Waals surface area contributed by atoms with Crippen molar-refractivity contribution in [1.29, 1.82) is 0 Å². The van der Waals surface area contributed by atoms with Gasteiger partial charge in [-0.1, -0.05) is 0 Å². The van der Waals surface area contributed by atoms with E-state index >= 15 is 0 Å². The fourth-order valence-corrected chi connectivity index (χ4v) is 24.5. The van der Waals surface area contributed by atoms with Crippen molar-refractivity contribution in [1.82, 2.24) is 0 Å². The van der Waals surface area contributed by atoms with E-state index in [0.29, 0.717) is 0 Å². The van der Waals surface area contributed by atoms with Crippen LogP contribution in [0.1, 0.15) is 25.9 Å². The summed E-state index contributed by atoms with van der Waals surface area (Å²) in [6, 6.07) is 25.3. The smallest absolute Gasteiger partial charge is 1.00 e. The molecule has 0 saturated heterocycles. The van der Waals surface area contributed by atoms with Gasteiger partial charge in [0.1, 0.15) is 0 Å². The summed E-state index contributed by atoms with van der Waals surface area (Å²) in [6.07, 6.45) is 6.08. The van der Waals surface area contributed by atoms with Crippen LogP contribution in [0.4, 0.5) is 0 Å². The summed E-state index contributed by atoms with van der Waals surface area (Å²) in [5, 5.41) is 0. The Labute approximate surface area is 189 Å². The van der Waals surface area contributed by atoms with Crippen LogP contribution in [0.15, 0.2) is 72.8 Å². The maximum atomic E-state index is 2.60. The quantitative estimate of drug-likeness (QED) is 0.325. The van der Waals surface area contributed by atoms with E-state index in [1.807, 2.05) is 0 Å². The van der Waals surface area contributed by atoms with Gasteiger partial charge in [-0.15, -0.1) is 0 Å². The summed E-state index contributed by atoms with van der Waals surface area (Å²) in [6.45, 7) is 5.20. The molecule has 0 saturated carbocycles. The summed E-state index contributed by atoms with van der Waals surface area (Å²) in [5.41, 5.74) is 9.24. The van der Waals surface area contributed by atoms with E-state index in [1.54, 1.807) is 14.4 Å². The fourth-order valence-electron chi connectivity index (χ4n) is 4.79. The van der Waals surface area contributed by atoms with Gasteiger partial charge in [-0.05, 0) is 0 Å². The molecule has 0 amide bonds. The Morgan fingerprint density at radius 3 is 2.36 bits per heavy atom. The van der Waals surface area contributed by atoms with Crippen molar-refractivity contribution in [2.75, 3.05) is 0 Å². The minimum Gasteiger partial charge on any atom is -1.00 e. The van der Waals surface area contributed by atoms with Crippen LogP contribution in [-0.4, -0.2) is 5.92 Å². The van der Waals surface area contributed by atoms with Gasteiger partial charge in [-0.25, -0.2) is 0 Å². The van der Waals surface area contributed by atoms with E-state index in [-0.39, 0.29) is 24.8 Å². The zero-order chi connectivity index (χ0) is 17.7. The molecule has 0 spiro atoms. The van der Waals surface area contributed by atoms with Crippen LogP contribution in [0.25, 0.3) is 17.2 Å².